The summed E-state index contributed by atoms with van der Waals surface area (Å²) in [6.45, 7) is 7.53. The molecule has 3 aromatic rings. The molecule has 1 amide bonds. The molecule has 0 fully saturated rings. The number of carbonyl (C=O) groups excluding carboxylic acids is 1. The van der Waals surface area contributed by atoms with Crippen LogP contribution in [0.25, 0.3) is 16.8 Å². The Morgan fingerprint density at radius 1 is 1.21 bits per heavy atom. The maximum absolute atomic E-state index is 13.2. The molecule has 0 radical (unpaired) electrons. The van der Waals surface area contributed by atoms with Crippen LogP contribution in [0.4, 0.5) is 4.39 Å². The molecular weight excluding hydrogens is 307 g/mol. The second-order valence-corrected chi connectivity index (χ2v) is 6.09. The number of amides is 1. The summed E-state index contributed by atoms with van der Waals surface area (Å²) >= 11 is 0. The average molecular weight is 326 g/mol. The van der Waals surface area contributed by atoms with Gasteiger partial charge in [-0.25, -0.2) is 13.9 Å². The molecule has 24 heavy (non-hydrogen) atoms. The minimum absolute atomic E-state index is 0.0433. The van der Waals surface area contributed by atoms with Crippen molar-refractivity contribution in [3.05, 3.63) is 53.2 Å². The highest BCUT2D eigenvalue weighted by molar-refractivity contribution is 5.95. The van der Waals surface area contributed by atoms with E-state index in [9.17, 15) is 9.18 Å². The fourth-order valence-corrected chi connectivity index (χ4v) is 2.72. The third kappa shape index (κ3) is 2.75. The molecule has 1 N–H and O–H groups in total. The molecule has 2 heterocycles. The minimum Gasteiger partial charge on any atom is -0.350 e. The molecule has 2 aromatic heterocycles. The molecule has 0 bridgehead atoms. The van der Waals surface area contributed by atoms with E-state index in [-0.39, 0.29) is 17.8 Å². The van der Waals surface area contributed by atoms with Crippen LogP contribution in [0.3, 0.4) is 0 Å². The number of benzene rings is 1. The number of hydrogen-bond donors (Lipinski definition) is 1. The monoisotopic (exact) mass is 326 g/mol. The highest BCUT2D eigenvalue weighted by atomic mass is 19.1. The van der Waals surface area contributed by atoms with Crippen molar-refractivity contribution in [3.8, 4) is 11.1 Å². The summed E-state index contributed by atoms with van der Waals surface area (Å²) in [6.07, 6.45) is 1.57. The fourth-order valence-electron chi connectivity index (χ4n) is 2.72. The maximum Gasteiger partial charge on any atom is 0.254 e. The molecule has 0 saturated heterocycles. The predicted molar refractivity (Wildman–Crippen MR) is 90.5 cm³/mol. The van der Waals surface area contributed by atoms with Crippen LogP contribution in [0, 0.1) is 19.7 Å². The Bertz CT molecular complexity index is 913. The van der Waals surface area contributed by atoms with Crippen molar-refractivity contribution in [2.24, 2.45) is 0 Å². The first-order chi connectivity index (χ1) is 11.4. The molecule has 6 heteroatoms. The lowest BCUT2D eigenvalue weighted by molar-refractivity contribution is 0.0941. The zero-order chi connectivity index (χ0) is 17.4. The van der Waals surface area contributed by atoms with Crippen LogP contribution >= 0.6 is 0 Å². The van der Waals surface area contributed by atoms with Crippen molar-refractivity contribution < 1.29 is 9.18 Å². The normalized spacial score (nSPS) is 11.2. The predicted octanol–water partition coefficient (Wildman–Crippen LogP) is 3.29. The number of fused-ring (bicyclic) bond motifs is 1. The van der Waals surface area contributed by atoms with Gasteiger partial charge in [-0.05, 0) is 45.4 Å². The van der Waals surface area contributed by atoms with Crippen LogP contribution in [0.2, 0.25) is 0 Å². The van der Waals surface area contributed by atoms with Gasteiger partial charge in [-0.2, -0.15) is 5.10 Å². The van der Waals surface area contributed by atoms with Crippen LogP contribution < -0.4 is 5.32 Å². The van der Waals surface area contributed by atoms with Crippen LogP contribution in [0.1, 0.15) is 35.6 Å². The van der Waals surface area contributed by atoms with Gasteiger partial charge in [-0.3, -0.25) is 4.79 Å². The standard InChI is InChI=1S/C18H19FN4O/c1-10(2)21-18(24)15-9-20-17-16(11(3)22-23(17)12(15)4)13-5-7-14(19)8-6-13/h5-10H,1-4H3,(H,21,24). The Hall–Kier alpha value is -2.76. The summed E-state index contributed by atoms with van der Waals surface area (Å²) in [5.41, 5.74) is 4.32. The summed E-state index contributed by atoms with van der Waals surface area (Å²) in [5.74, 6) is -0.460. The minimum atomic E-state index is -0.287. The molecule has 0 aliphatic heterocycles. The summed E-state index contributed by atoms with van der Waals surface area (Å²) in [5, 5.41) is 7.38. The fraction of sp³-hybridized carbons (Fsp3) is 0.278. The number of aromatic nitrogens is 3. The Morgan fingerprint density at radius 3 is 2.50 bits per heavy atom. The molecule has 0 aliphatic carbocycles. The van der Waals surface area contributed by atoms with Crippen molar-refractivity contribution in [1.29, 1.82) is 0 Å². The van der Waals surface area contributed by atoms with E-state index in [1.165, 1.54) is 12.1 Å². The second-order valence-electron chi connectivity index (χ2n) is 6.09. The Kier molecular flexibility index (Phi) is 4.05. The van der Waals surface area contributed by atoms with Crippen molar-refractivity contribution in [2.75, 3.05) is 0 Å². The summed E-state index contributed by atoms with van der Waals surface area (Å²) in [6, 6.07) is 6.28. The smallest absolute Gasteiger partial charge is 0.254 e. The Labute approximate surface area is 139 Å². The zero-order valence-corrected chi connectivity index (χ0v) is 14.1. The van der Waals surface area contributed by atoms with Crippen molar-refractivity contribution in [1.82, 2.24) is 19.9 Å². The average Bonchev–Trinajstić information content (AvgIpc) is 2.85. The summed E-state index contributed by atoms with van der Waals surface area (Å²) < 4.78 is 14.8. The van der Waals surface area contributed by atoms with Crippen molar-refractivity contribution in [2.45, 2.75) is 33.7 Å². The summed E-state index contributed by atoms with van der Waals surface area (Å²) in [7, 11) is 0. The zero-order valence-electron chi connectivity index (χ0n) is 14.1. The van der Waals surface area contributed by atoms with Gasteiger partial charge in [0.1, 0.15) is 5.82 Å². The van der Waals surface area contributed by atoms with Gasteiger partial charge in [0.2, 0.25) is 0 Å². The van der Waals surface area contributed by atoms with Gasteiger partial charge in [0, 0.05) is 17.8 Å². The van der Waals surface area contributed by atoms with Gasteiger partial charge in [-0.15, -0.1) is 0 Å². The molecule has 5 nitrogen and oxygen atoms in total. The first-order valence-electron chi connectivity index (χ1n) is 7.80. The number of rotatable bonds is 3. The molecule has 0 aliphatic rings. The van der Waals surface area contributed by atoms with E-state index in [0.717, 1.165) is 22.5 Å². The van der Waals surface area contributed by atoms with Gasteiger partial charge >= 0.3 is 0 Å². The lowest BCUT2D eigenvalue weighted by atomic mass is 10.1. The molecule has 0 spiro atoms. The van der Waals surface area contributed by atoms with Gasteiger partial charge < -0.3 is 5.32 Å². The topological polar surface area (TPSA) is 59.3 Å². The molecule has 3 rings (SSSR count). The largest absolute Gasteiger partial charge is 0.350 e. The third-order valence-corrected chi connectivity index (χ3v) is 3.86. The highest BCUT2D eigenvalue weighted by Gasteiger charge is 2.19. The van der Waals surface area contributed by atoms with Gasteiger partial charge in [0.25, 0.3) is 5.91 Å². The molecule has 0 atom stereocenters. The van der Waals surface area contributed by atoms with Gasteiger partial charge in [0.05, 0.1) is 17.0 Å². The van der Waals surface area contributed by atoms with Gasteiger partial charge in [0.15, 0.2) is 5.65 Å². The molecule has 124 valence electrons. The van der Waals surface area contributed by atoms with E-state index in [4.69, 9.17) is 0 Å². The lowest BCUT2D eigenvalue weighted by Crippen LogP contribution is -2.31. The van der Waals surface area contributed by atoms with Crippen molar-refractivity contribution >= 4 is 11.6 Å². The molecule has 1 aromatic carbocycles. The van der Waals surface area contributed by atoms with Crippen LogP contribution in [-0.2, 0) is 0 Å². The summed E-state index contributed by atoms with van der Waals surface area (Å²) in [4.78, 5) is 16.7. The number of carbonyl (C=O) groups is 1. The van der Waals surface area contributed by atoms with E-state index in [0.29, 0.717) is 11.2 Å². The first-order valence-corrected chi connectivity index (χ1v) is 7.80. The third-order valence-electron chi connectivity index (χ3n) is 3.86. The highest BCUT2D eigenvalue weighted by Crippen LogP contribution is 2.28. The van der Waals surface area contributed by atoms with Crippen LogP contribution in [-0.4, -0.2) is 26.5 Å². The van der Waals surface area contributed by atoms with Gasteiger partial charge in [-0.1, -0.05) is 12.1 Å². The number of nitrogens with zero attached hydrogens (tertiary/aromatic N) is 3. The number of aryl methyl sites for hydroxylation is 2. The van der Waals surface area contributed by atoms with E-state index >= 15 is 0 Å². The van der Waals surface area contributed by atoms with Crippen LogP contribution in [0.5, 0.6) is 0 Å². The SMILES string of the molecule is Cc1nn2c(C)c(C(=O)NC(C)C)cnc2c1-c1ccc(F)cc1. The van der Waals surface area contributed by atoms with E-state index in [2.05, 4.69) is 15.4 Å². The number of halogens is 1. The quantitative estimate of drug-likeness (QED) is 0.803. The van der Waals surface area contributed by atoms with Crippen LogP contribution in [0.15, 0.2) is 30.5 Å². The second kappa shape index (κ2) is 6.03. The van der Waals surface area contributed by atoms with Crippen molar-refractivity contribution in [3.63, 3.8) is 0 Å². The van der Waals surface area contributed by atoms with E-state index in [1.807, 2.05) is 27.7 Å². The Morgan fingerprint density at radius 2 is 1.88 bits per heavy atom. The number of hydrogen-bond acceptors (Lipinski definition) is 3. The molecule has 0 unspecified atom stereocenters. The molecular formula is C18H19FN4O. The maximum atomic E-state index is 13.2. The lowest BCUT2D eigenvalue weighted by Gasteiger charge is -2.11. The molecule has 0 saturated carbocycles. The van der Waals surface area contributed by atoms with E-state index < -0.39 is 0 Å². The number of nitrogens with one attached hydrogen (secondary N) is 1. The van der Waals surface area contributed by atoms with E-state index in [1.54, 1.807) is 22.8 Å². The Balaban J connectivity index is 2.15. The first kappa shape index (κ1) is 16.1.